The molecule has 4 rings (SSSR count). The van der Waals surface area contributed by atoms with Crippen molar-refractivity contribution in [2.75, 3.05) is 26.8 Å². The van der Waals surface area contributed by atoms with Crippen molar-refractivity contribution in [2.45, 2.75) is 44.9 Å². The van der Waals surface area contributed by atoms with Crippen molar-refractivity contribution in [3.05, 3.63) is 41.4 Å². The Hall–Kier alpha value is -3.87. The number of alkyl halides is 3. The van der Waals surface area contributed by atoms with E-state index in [1.54, 1.807) is 24.8 Å². The first-order valence-electron chi connectivity index (χ1n) is 12.1. The highest BCUT2D eigenvalue weighted by molar-refractivity contribution is 5.98. The molecule has 13 heteroatoms. The summed E-state index contributed by atoms with van der Waals surface area (Å²) in [6.07, 6.45) is -4.08. The highest BCUT2D eigenvalue weighted by atomic mass is 19.4. The predicted molar refractivity (Wildman–Crippen MR) is 130 cm³/mol. The van der Waals surface area contributed by atoms with Gasteiger partial charge in [-0.3, -0.25) is 4.79 Å². The van der Waals surface area contributed by atoms with Gasteiger partial charge in [-0.25, -0.2) is 14.8 Å². The molecule has 0 radical (unpaired) electrons. The van der Waals surface area contributed by atoms with Crippen molar-refractivity contribution < 1.29 is 36.7 Å². The molecule has 3 N–H and O–H groups in total. The number of carbonyl (C=O) groups is 2. The SMILES string of the molecule is CCOC(=O)NC1CCN(C(=O)c2nc(-c3ccc(OC)c4nc(C(F)(F)F)ccc34)oc2[C@H](C)N)CC1. The van der Waals surface area contributed by atoms with Crippen LogP contribution >= 0.6 is 0 Å². The van der Waals surface area contributed by atoms with E-state index in [1.807, 2.05) is 0 Å². The van der Waals surface area contributed by atoms with Gasteiger partial charge >= 0.3 is 12.3 Å². The minimum Gasteiger partial charge on any atom is -0.494 e. The largest absolute Gasteiger partial charge is 0.494 e. The molecule has 2 aromatic heterocycles. The van der Waals surface area contributed by atoms with E-state index >= 15 is 0 Å². The van der Waals surface area contributed by atoms with Gasteiger partial charge in [0.2, 0.25) is 5.89 Å². The predicted octanol–water partition coefficient (Wildman–Crippen LogP) is 4.29. The van der Waals surface area contributed by atoms with E-state index in [4.69, 9.17) is 19.6 Å². The number of piperidine rings is 1. The zero-order valence-electron chi connectivity index (χ0n) is 21.1. The molecule has 0 bridgehead atoms. The van der Waals surface area contributed by atoms with Crippen molar-refractivity contribution in [2.24, 2.45) is 5.73 Å². The monoisotopic (exact) mass is 535 g/mol. The van der Waals surface area contributed by atoms with Gasteiger partial charge < -0.3 is 29.8 Å². The summed E-state index contributed by atoms with van der Waals surface area (Å²) in [6, 6.07) is 4.36. The van der Waals surface area contributed by atoms with Gasteiger partial charge in [0, 0.05) is 30.1 Å². The van der Waals surface area contributed by atoms with E-state index in [2.05, 4.69) is 15.3 Å². The summed E-state index contributed by atoms with van der Waals surface area (Å²) in [5.41, 5.74) is 5.35. The van der Waals surface area contributed by atoms with Gasteiger partial charge in [0.05, 0.1) is 19.8 Å². The molecule has 1 atom stereocenters. The van der Waals surface area contributed by atoms with E-state index in [0.717, 1.165) is 6.07 Å². The van der Waals surface area contributed by atoms with Crippen LogP contribution in [0.1, 0.15) is 54.7 Å². The Morgan fingerprint density at radius 2 is 1.92 bits per heavy atom. The Morgan fingerprint density at radius 1 is 1.21 bits per heavy atom. The maximum atomic E-state index is 13.4. The molecule has 3 heterocycles. The number of amides is 2. The van der Waals surface area contributed by atoms with Crippen molar-refractivity contribution in [3.63, 3.8) is 0 Å². The summed E-state index contributed by atoms with van der Waals surface area (Å²) in [5.74, 6) is -0.0732. The molecule has 0 spiro atoms. The molecule has 1 fully saturated rings. The second kappa shape index (κ2) is 10.9. The summed E-state index contributed by atoms with van der Waals surface area (Å²) in [4.78, 5) is 34.9. The first-order chi connectivity index (χ1) is 18.0. The van der Waals surface area contributed by atoms with E-state index in [9.17, 15) is 22.8 Å². The minimum absolute atomic E-state index is 0.0220. The maximum Gasteiger partial charge on any atom is 0.433 e. The Balaban J connectivity index is 1.65. The second-order valence-corrected chi connectivity index (χ2v) is 8.86. The molecule has 3 aromatic rings. The quantitative estimate of drug-likeness (QED) is 0.478. The van der Waals surface area contributed by atoms with Crippen LogP contribution < -0.4 is 15.8 Å². The lowest BCUT2D eigenvalue weighted by Gasteiger charge is -2.31. The summed E-state index contributed by atoms with van der Waals surface area (Å²) in [7, 11) is 1.33. The van der Waals surface area contributed by atoms with Crippen LogP contribution in [-0.4, -0.2) is 59.7 Å². The molecule has 1 saturated heterocycles. The van der Waals surface area contributed by atoms with Crippen LogP contribution in [-0.2, 0) is 10.9 Å². The van der Waals surface area contributed by atoms with Crippen molar-refractivity contribution in [3.8, 4) is 17.2 Å². The molecule has 0 saturated carbocycles. The number of hydrogen-bond donors (Lipinski definition) is 2. The zero-order valence-corrected chi connectivity index (χ0v) is 21.1. The Morgan fingerprint density at radius 3 is 2.53 bits per heavy atom. The number of nitrogens with two attached hydrogens (primary N) is 1. The zero-order chi connectivity index (χ0) is 27.6. The van der Waals surface area contributed by atoms with Gasteiger partial charge in [0.15, 0.2) is 11.5 Å². The topological polar surface area (TPSA) is 133 Å². The van der Waals surface area contributed by atoms with Crippen LogP contribution in [0.25, 0.3) is 22.4 Å². The second-order valence-electron chi connectivity index (χ2n) is 8.86. The highest BCUT2D eigenvalue weighted by Gasteiger charge is 2.34. The molecule has 2 amide bonds. The average Bonchev–Trinajstić information content (AvgIpc) is 3.33. The number of rotatable bonds is 6. The third-order valence-corrected chi connectivity index (χ3v) is 6.21. The van der Waals surface area contributed by atoms with E-state index in [0.29, 0.717) is 36.9 Å². The number of alkyl carbamates (subject to hydrolysis) is 1. The smallest absolute Gasteiger partial charge is 0.433 e. The third kappa shape index (κ3) is 5.52. The Labute approximate surface area is 216 Å². The van der Waals surface area contributed by atoms with Crippen LogP contribution in [0.5, 0.6) is 5.75 Å². The summed E-state index contributed by atoms with van der Waals surface area (Å²) in [6.45, 7) is 4.35. The van der Waals surface area contributed by atoms with E-state index < -0.39 is 29.9 Å². The number of carbonyl (C=O) groups excluding carboxylic acids is 2. The molecular weight excluding hydrogens is 507 g/mol. The molecule has 0 unspecified atom stereocenters. The molecule has 10 nitrogen and oxygen atoms in total. The molecule has 204 valence electrons. The number of nitrogens with zero attached hydrogens (tertiary/aromatic N) is 3. The van der Waals surface area contributed by atoms with Gasteiger partial charge in [0.1, 0.15) is 17.0 Å². The number of likely N-dealkylation sites (tertiary alicyclic amines) is 1. The standard InChI is InChI=1S/C25H28F3N5O5/c1-4-37-24(35)30-14-9-11-33(12-10-14)23(34)20-21(13(2)29)38-22(32-20)16-5-7-17(36-3)19-15(16)6-8-18(31-19)25(26,27)28/h5-8,13-14H,4,9-12,29H2,1-3H3,(H,30,35)/t13-/m0/s1. The summed E-state index contributed by atoms with van der Waals surface area (Å²) < 4.78 is 55.9. The normalized spacial score (nSPS) is 15.4. The molecule has 0 aliphatic carbocycles. The number of aromatic nitrogens is 2. The fraction of sp³-hybridized carbons (Fsp3) is 0.440. The number of pyridine rings is 1. The number of fused-ring (bicyclic) bond motifs is 1. The van der Waals surface area contributed by atoms with Crippen LogP contribution in [0.4, 0.5) is 18.0 Å². The number of benzene rings is 1. The van der Waals surface area contributed by atoms with Gasteiger partial charge in [-0.1, -0.05) is 0 Å². The van der Waals surface area contributed by atoms with Crippen molar-refractivity contribution in [1.82, 2.24) is 20.2 Å². The Kier molecular flexibility index (Phi) is 7.76. The lowest BCUT2D eigenvalue weighted by molar-refractivity contribution is -0.140. The third-order valence-electron chi connectivity index (χ3n) is 6.21. The first-order valence-corrected chi connectivity index (χ1v) is 12.1. The van der Waals surface area contributed by atoms with E-state index in [-0.39, 0.29) is 41.3 Å². The number of nitrogens with one attached hydrogen (secondary N) is 1. The van der Waals surface area contributed by atoms with Crippen molar-refractivity contribution in [1.29, 1.82) is 0 Å². The molecule has 1 aliphatic rings. The number of oxazole rings is 1. The van der Waals surface area contributed by atoms with E-state index in [1.165, 1.54) is 19.2 Å². The molecule has 1 aliphatic heterocycles. The van der Waals surface area contributed by atoms with Crippen LogP contribution in [0, 0.1) is 0 Å². The van der Waals surface area contributed by atoms with Gasteiger partial charge in [0.25, 0.3) is 5.91 Å². The fourth-order valence-electron chi connectivity index (χ4n) is 4.33. The number of methoxy groups -OCH3 is 1. The van der Waals surface area contributed by atoms with Crippen molar-refractivity contribution >= 4 is 22.9 Å². The highest BCUT2D eigenvalue weighted by Crippen LogP contribution is 2.37. The van der Waals surface area contributed by atoms with Crippen LogP contribution in [0.3, 0.4) is 0 Å². The van der Waals surface area contributed by atoms with Gasteiger partial charge in [-0.15, -0.1) is 0 Å². The maximum absolute atomic E-state index is 13.4. The Bertz CT molecular complexity index is 1330. The van der Waals surface area contributed by atoms with Gasteiger partial charge in [-0.2, -0.15) is 13.2 Å². The van der Waals surface area contributed by atoms with Crippen LogP contribution in [0.2, 0.25) is 0 Å². The van der Waals surface area contributed by atoms with Crippen LogP contribution in [0.15, 0.2) is 28.7 Å². The van der Waals surface area contributed by atoms with Gasteiger partial charge in [-0.05, 0) is 51.0 Å². The first kappa shape index (κ1) is 27.2. The summed E-state index contributed by atoms with van der Waals surface area (Å²) in [5, 5.41) is 3.08. The molecule has 38 heavy (non-hydrogen) atoms. The number of hydrogen-bond acceptors (Lipinski definition) is 8. The number of halogens is 3. The number of ether oxygens (including phenoxy) is 2. The lowest BCUT2D eigenvalue weighted by Crippen LogP contribution is -2.47. The average molecular weight is 536 g/mol. The summed E-state index contributed by atoms with van der Waals surface area (Å²) >= 11 is 0. The molecular formula is C25H28F3N5O5. The fourth-order valence-corrected chi connectivity index (χ4v) is 4.33. The lowest BCUT2D eigenvalue weighted by atomic mass is 10.0. The molecule has 1 aromatic carbocycles. The minimum atomic E-state index is -4.64.